The van der Waals surface area contributed by atoms with Crippen LogP contribution in [0.4, 0.5) is 0 Å². The second-order valence-electron chi connectivity index (χ2n) is 9.26. The smallest absolute Gasteiger partial charge is 0.226 e. The van der Waals surface area contributed by atoms with Crippen LogP contribution in [0.15, 0.2) is 0 Å². The Hall–Kier alpha value is -0.353. The average molecular weight is 340 g/mol. The minimum atomic E-state index is -1.72. The van der Waals surface area contributed by atoms with Gasteiger partial charge >= 0.3 is 0 Å². The average Bonchev–Trinajstić information content (AvgIpc) is 2.67. The fourth-order valence-electron chi connectivity index (χ4n) is 3.59. The molecular formula is C19H37NO2Si. The third-order valence-corrected chi connectivity index (χ3v) is 11.0. The van der Waals surface area contributed by atoms with Crippen molar-refractivity contribution in [2.24, 2.45) is 11.8 Å². The van der Waals surface area contributed by atoms with Crippen LogP contribution in [0.5, 0.6) is 0 Å². The van der Waals surface area contributed by atoms with Crippen LogP contribution in [0.3, 0.4) is 0 Å². The first-order valence-corrected chi connectivity index (χ1v) is 12.5. The van der Waals surface area contributed by atoms with Gasteiger partial charge in [0.15, 0.2) is 8.32 Å². The maximum Gasteiger partial charge on any atom is 0.226 e. The SMILES string of the molecule is CC1C(=O)N(C2CCCCCC2)CC1CO[Si](C)(C)C(C)(C)C. The second-order valence-corrected chi connectivity index (χ2v) is 14.1. The van der Waals surface area contributed by atoms with Crippen molar-refractivity contribution in [3.8, 4) is 0 Å². The number of hydrogen-bond acceptors (Lipinski definition) is 2. The number of hydrogen-bond donors (Lipinski definition) is 0. The summed E-state index contributed by atoms with van der Waals surface area (Å²) < 4.78 is 6.42. The summed E-state index contributed by atoms with van der Waals surface area (Å²) in [7, 11) is -1.72. The van der Waals surface area contributed by atoms with Gasteiger partial charge in [0.05, 0.1) is 0 Å². The van der Waals surface area contributed by atoms with Crippen molar-refractivity contribution in [1.82, 2.24) is 4.90 Å². The van der Waals surface area contributed by atoms with Crippen LogP contribution in [0.25, 0.3) is 0 Å². The molecule has 1 heterocycles. The van der Waals surface area contributed by atoms with Crippen molar-refractivity contribution >= 4 is 14.2 Å². The van der Waals surface area contributed by atoms with Crippen LogP contribution < -0.4 is 0 Å². The summed E-state index contributed by atoms with van der Waals surface area (Å²) in [5.74, 6) is 0.878. The van der Waals surface area contributed by atoms with E-state index in [2.05, 4.69) is 45.7 Å². The Bertz CT molecular complexity index is 408. The molecule has 1 saturated heterocycles. The van der Waals surface area contributed by atoms with Crippen LogP contribution in [-0.4, -0.2) is 38.3 Å². The van der Waals surface area contributed by atoms with Gasteiger partial charge in [-0.1, -0.05) is 53.4 Å². The Kier molecular flexibility index (Phi) is 5.99. The van der Waals surface area contributed by atoms with E-state index in [0.717, 1.165) is 13.2 Å². The molecule has 0 N–H and O–H groups in total. The zero-order valence-electron chi connectivity index (χ0n) is 16.2. The van der Waals surface area contributed by atoms with Gasteiger partial charge in [-0.05, 0) is 31.0 Å². The lowest BCUT2D eigenvalue weighted by molar-refractivity contribution is -0.132. The molecule has 0 spiro atoms. The van der Waals surface area contributed by atoms with E-state index in [4.69, 9.17) is 4.43 Å². The topological polar surface area (TPSA) is 29.5 Å². The molecule has 1 saturated carbocycles. The fourth-order valence-corrected chi connectivity index (χ4v) is 4.66. The lowest BCUT2D eigenvalue weighted by Gasteiger charge is -2.37. The monoisotopic (exact) mass is 339 g/mol. The van der Waals surface area contributed by atoms with Crippen molar-refractivity contribution in [1.29, 1.82) is 0 Å². The molecule has 2 rings (SSSR count). The van der Waals surface area contributed by atoms with Gasteiger partial charge in [-0.25, -0.2) is 0 Å². The maximum absolute atomic E-state index is 12.7. The number of carbonyl (C=O) groups excluding carboxylic acids is 1. The molecule has 2 aliphatic rings. The molecule has 0 aromatic heterocycles. The summed E-state index contributed by atoms with van der Waals surface area (Å²) >= 11 is 0. The highest BCUT2D eigenvalue weighted by atomic mass is 28.4. The number of carbonyl (C=O) groups is 1. The molecule has 1 aliphatic heterocycles. The summed E-state index contributed by atoms with van der Waals surface area (Å²) in [6.45, 7) is 15.2. The summed E-state index contributed by atoms with van der Waals surface area (Å²) in [6.07, 6.45) is 7.66. The lowest BCUT2D eigenvalue weighted by Crippen LogP contribution is -2.42. The van der Waals surface area contributed by atoms with E-state index in [9.17, 15) is 4.79 Å². The first-order valence-electron chi connectivity index (χ1n) is 9.58. The largest absolute Gasteiger partial charge is 0.416 e. The quantitative estimate of drug-likeness (QED) is 0.542. The van der Waals surface area contributed by atoms with Crippen LogP contribution in [0.2, 0.25) is 18.1 Å². The predicted molar refractivity (Wildman–Crippen MR) is 99.0 cm³/mol. The van der Waals surface area contributed by atoms with Crippen molar-refractivity contribution < 1.29 is 9.22 Å². The van der Waals surface area contributed by atoms with Gasteiger partial charge in [-0.2, -0.15) is 0 Å². The minimum absolute atomic E-state index is 0.128. The Morgan fingerprint density at radius 2 is 1.70 bits per heavy atom. The molecule has 1 amide bonds. The van der Waals surface area contributed by atoms with Gasteiger partial charge in [0.1, 0.15) is 0 Å². The molecule has 23 heavy (non-hydrogen) atoms. The Balaban J connectivity index is 1.95. The van der Waals surface area contributed by atoms with E-state index < -0.39 is 8.32 Å². The highest BCUT2D eigenvalue weighted by molar-refractivity contribution is 6.74. The Labute approximate surface area is 144 Å². The van der Waals surface area contributed by atoms with Crippen LogP contribution in [-0.2, 0) is 9.22 Å². The molecule has 0 radical (unpaired) electrons. The van der Waals surface area contributed by atoms with Gasteiger partial charge in [0.25, 0.3) is 0 Å². The first kappa shape index (κ1) is 19.0. The summed E-state index contributed by atoms with van der Waals surface area (Å²) in [5, 5.41) is 0.236. The molecule has 2 atom stereocenters. The highest BCUT2D eigenvalue weighted by Crippen LogP contribution is 2.38. The minimum Gasteiger partial charge on any atom is -0.416 e. The van der Waals surface area contributed by atoms with Gasteiger partial charge in [0.2, 0.25) is 5.91 Å². The van der Waals surface area contributed by atoms with Crippen LogP contribution in [0.1, 0.15) is 66.2 Å². The molecule has 3 nitrogen and oxygen atoms in total. The highest BCUT2D eigenvalue weighted by Gasteiger charge is 2.43. The number of rotatable bonds is 4. The van der Waals surface area contributed by atoms with E-state index in [0.29, 0.717) is 17.9 Å². The summed E-state index contributed by atoms with van der Waals surface area (Å²) in [4.78, 5) is 14.9. The zero-order chi connectivity index (χ0) is 17.3. The van der Waals surface area contributed by atoms with Crippen molar-refractivity contribution in [2.45, 2.75) is 90.4 Å². The lowest BCUT2D eigenvalue weighted by atomic mass is 9.99. The molecule has 1 aliphatic carbocycles. The first-order chi connectivity index (χ1) is 10.6. The molecule has 0 aromatic carbocycles. The molecule has 134 valence electrons. The fraction of sp³-hybridized carbons (Fsp3) is 0.947. The van der Waals surface area contributed by atoms with Crippen LogP contribution in [0, 0.1) is 11.8 Å². The van der Waals surface area contributed by atoms with Gasteiger partial charge in [-0.15, -0.1) is 0 Å². The zero-order valence-corrected chi connectivity index (χ0v) is 17.2. The molecule has 0 aromatic rings. The van der Waals surface area contributed by atoms with Crippen LogP contribution >= 0.6 is 0 Å². The van der Waals surface area contributed by atoms with E-state index in [1.807, 2.05) is 0 Å². The Morgan fingerprint density at radius 3 is 2.22 bits per heavy atom. The molecule has 2 unspecified atom stereocenters. The van der Waals surface area contributed by atoms with E-state index >= 15 is 0 Å². The van der Waals surface area contributed by atoms with E-state index in [1.54, 1.807) is 0 Å². The van der Waals surface area contributed by atoms with Crippen molar-refractivity contribution in [3.05, 3.63) is 0 Å². The van der Waals surface area contributed by atoms with Gasteiger partial charge in [0, 0.05) is 31.0 Å². The third-order valence-electron chi connectivity index (χ3n) is 6.54. The number of likely N-dealkylation sites (tertiary alicyclic amines) is 1. The van der Waals surface area contributed by atoms with E-state index in [1.165, 1.54) is 38.5 Å². The standard InChI is InChI=1S/C19H37NO2Si/c1-15-16(14-22-23(5,6)19(2,3)4)13-20(18(15)21)17-11-9-7-8-10-12-17/h15-17H,7-14H2,1-6H3. The molecule has 2 fully saturated rings. The summed E-state index contributed by atoms with van der Waals surface area (Å²) in [5.41, 5.74) is 0. The maximum atomic E-state index is 12.7. The summed E-state index contributed by atoms with van der Waals surface area (Å²) in [6, 6.07) is 0.491. The number of amides is 1. The van der Waals surface area contributed by atoms with Crippen molar-refractivity contribution in [3.63, 3.8) is 0 Å². The second kappa shape index (κ2) is 7.26. The van der Waals surface area contributed by atoms with Gasteiger partial charge < -0.3 is 9.33 Å². The predicted octanol–water partition coefficient (Wildman–Crippen LogP) is 4.83. The third kappa shape index (κ3) is 4.39. The number of nitrogens with zero attached hydrogens (tertiary/aromatic N) is 1. The Morgan fingerprint density at radius 1 is 1.13 bits per heavy atom. The molecule has 4 heteroatoms. The van der Waals surface area contributed by atoms with E-state index in [-0.39, 0.29) is 11.0 Å². The normalized spacial score (nSPS) is 28.3. The molecule has 0 bridgehead atoms. The molecular weight excluding hydrogens is 302 g/mol. The van der Waals surface area contributed by atoms with Crippen molar-refractivity contribution in [2.75, 3.05) is 13.2 Å². The van der Waals surface area contributed by atoms with Gasteiger partial charge in [-0.3, -0.25) is 4.79 Å².